The molecule has 186 valence electrons. The molecule has 2 aliphatic rings. The highest BCUT2D eigenvalue weighted by Crippen LogP contribution is 2.38. The van der Waals surface area contributed by atoms with Gasteiger partial charge in [0, 0.05) is 6.54 Å². The fourth-order valence-electron chi connectivity index (χ4n) is 5.05. The Morgan fingerprint density at radius 3 is 2.23 bits per heavy atom. The maximum atomic E-state index is 13.5. The number of carbonyl (C=O) groups excluding carboxylic acids is 3. The summed E-state index contributed by atoms with van der Waals surface area (Å²) in [7, 11) is 0. The van der Waals surface area contributed by atoms with Gasteiger partial charge in [0.25, 0.3) is 5.56 Å². The fraction of sp³-hybridized carbons (Fsp3) is 0.480. The highest BCUT2D eigenvalue weighted by Gasteiger charge is 2.49. The molecule has 10 nitrogen and oxygen atoms in total. The molecule has 4 rings (SSSR count). The number of aromatic amines is 1. The maximum Gasteiger partial charge on any atom is 0.330 e. The minimum Gasteiger partial charge on any atom is -0.383 e. The van der Waals surface area contributed by atoms with Crippen LogP contribution in [0.2, 0.25) is 0 Å². The number of anilines is 2. The lowest BCUT2D eigenvalue weighted by Crippen LogP contribution is -2.48. The van der Waals surface area contributed by atoms with Crippen molar-refractivity contribution in [3.05, 3.63) is 56.7 Å². The molecule has 0 unspecified atom stereocenters. The molecule has 2 atom stereocenters. The first-order chi connectivity index (χ1) is 16.7. The van der Waals surface area contributed by atoms with Crippen LogP contribution in [0, 0.1) is 17.8 Å². The lowest BCUT2D eigenvalue weighted by Gasteiger charge is -2.27. The first kappa shape index (κ1) is 24.4. The van der Waals surface area contributed by atoms with Gasteiger partial charge >= 0.3 is 5.69 Å². The lowest BCUT2D eigenvalue weighted by atomic mass is 9.81. The Bertz CT molecular complexity index is 1230. The van der Waals surface area contributed by atoms with Gasteiger partial charge in [-0.15, -0.1) is 0 Å². The van der Waals surface area contributed by atoms with E-state index in [0.717, 1.165) is 23.3 Å². The largest absolute Gasteiger partial charge is 0.383 e. The number of hydrogen-bond donors (Lipinski definition) is 2. The third kappa shape index (κ3) is 4.78. The number of likely N-dealkylation sites (tertiary alicyclic amines) is 1. The average Bonchev–Trinajstić information content (AvgIpc) is 3.06. The number of H-pyrrole nitrogens is 1. The average molecular weight is 482 g/mol. The van der Waals surface area contributed by atoms with Crippen LogP contribution in [0.3, 0.4) is 0 Å². The molecule has 0 radical (unpaired) electrons. The maximum absolute atomic E-state index is 13.5. The molecule has 2 fully saturated rings. The molecule has 1 aliphatic heterocycles. The van der Waals surface area contributed by atoms with Crippen LogP contribution in [0.4, 0.5) is 11.5 Å². The van der Waals surface area contributed by atoms with E-state index in [2.05, 4.69) is 4.98 Å². The van der Waals surface area contributed by atoms with Crippen LogP contribution in [0.15, 0.2) is 39.9 Å². The second-order valence-corrected chi connectivity index (χ2v) is 9.72. The standard InChI is InChI=1S/C25H31N5O5/c1-15(2)12-28(19(31)14-30-23(33)17-10-6-7-11-18(17)24(30)34)20-21(26)29(25(35)27-22(20)32)13-16-8-4-3-5-9-16/h3-5,8-9,15,17-18H,6-7,10-14,26H2,1-2H3,(H,27,32,35)/t17-,18-/m1/s1. The van der Waals surface area contributed by atoms with Gasteiger partial charge in [0.15, 0.2) is 5.69 Å². The second-order valence-electron chi connectivity index (χ2n) is 9.72. The number of amides is 3. The summed E-state index contributed by atoms with van der Waals surface area (Å²) in [5.41, 5.74) is 5.46. The number of benzene rings is 1. The predicted molar refractivity (Wildman–Crippen MR) is 131 cm³/mol. The Morgan fingerprint density at radius 2 is 1.66 bits per heavy atom. The number of nitrogens with one attached hydrogen (secondary N) is 1. The number of nitrogen functional groups attached to an aromatic ring is 1. The van der Waals surface area contributed by atoms with Gasteiger partial charge in [-0.25, -0.2) is 4.79 Å². The van der Waals surface area contributed by atoms with E-state index in [9.17, 15) is 24.0 Å². The molecular formula is C25H31N5O5. The van der Waals surface area contributed by atoms with Crippen molar-refractivity contribution in [2.75, 3.05) is 23.7 Å². The summed E-state index contributed by atoms with van der Waals surface area (Å²) < 4.78 is 1.20. The number of aromatic nitrogens is 2. The summed E-state index contributed by atoms with van der Waals surface area (Å²) in [5.74, 6) is -2.19. The van der Waals surface area contributed by atoms with Gasteiger partial charge in [0.05, 0.1) is 18.4 Å². The van der Waals surface area contributed by atoms with Gasteiger partial charge in [-0.05, 0) is 24.3 Å². The van der Waals surface area contributed by atoms with Gasteiger partial charge in [0.1, 0.15) is 12.4 Å². The third-order valence-corrected chi connectivity index (χ3v) is 6.74. The van der Waals surface area contributed by atoms with Gasteiger partial charge in [-0.3, -0.25) is 33.6 Å². The number of fused-ring (bicyclic) bond motifs is 1. The van der Waals surface area contributed by atoms with Crippen LogP contribution in [-0.2, 0) is 20.9 Å². The molecule has 2 heterocycles. The molecule has 1 saturated heterocycles. The normalized spacial score (nSPS) is 19.8. The van der Waals surface area contributed by atoms with Crippen molar-refractivity contribution < 1.29 is 14.4 Å². The first-order valence-electron chi connectivity index (χ1n) is 12.0. The molecule has 3 amide bonds. The summed E-state index contributed by atoms with van der Waals surface area (Å²) in [5, 5.41) is 0. The molecule has 1 saturated carbocycles. The zero-order valence-corrected chi connectivity index (χ0v) is 20.0. The summed E-state index contributed by atoms with van der Waals surface area (Å²) in [6.07, 6.45) is 3.06. The van der Waals surface area contributed by atoms with Crippen molar-refractivity contribution in [2.24, 2.45) is 17.8 Å². The summed E-state index contributed by atoms with van der Waals surface area (Å²) in [4.78, 5) is 69.2. The smallest absolute Gasteiger partial charge is 0.330 e. The molecule has 10 heteroatoms. The minimum absolute atomic E-state index is 0.0557. The second kappa shape index (κ2) is 9.89. The van der Waals surface area contributed by atoms with Crippen LogP contribution in [0.25, 0.3) is 0 Å². The van der Waals surface area contributed by atoms with Crippen molar-refractivity contribution in [3.8, 4) is 0 Å². The molecule has 35 heavy (non-hydrogen) atoms. The molecule has 0 bridgehead atoms. The van der Waals surface area contributed by atoms with Crippen molar-refractivity contribution in [1.82, 2.24) is 14.5 Å². The van der Waals surface area contributed by atoms with E-state index in [1.54, 1.807) is 0 Å². The fourth-order valence-corrected chi connectivity index (χ4v) is 5.05. The summed E-state index contributed by atoms with van der Waals surface area (Å²) in [6, 6.07) is 9.11. The molecule has 1 aromatic carbocycles. The van der Waals surface area contributed by atoms with Gasteiger partial charge in [-0.2, -0.15) is 0 Å². The number of nitrogens with zero attached hydrogens (tertiary/aromatic N) is 3. The van der Waals surface area contributed by atoms with Crippen LogP contribution in [0.1, 0.15) is 45.1 Å². The Labute approximate surface area is 202 Å². The Hall–Kier alpha value is -3.69. The van der Waals surface area contributed by atoms with E-state index in [0.29, 0.717) is 12.8 Å². The molecular weight excluding hydrogens is 450 g/mol. The summed E-state index contributed by atoms with van der Waals surface area (Å²) >= 11 is 0. The van der Waals surface area contributed by atoms with Crippen LogP contribution in [0.5, 0.6) is 0 Å². The van der Waals surface area contributed by atoms with Gasteiger partial charge < -0.3 is 10.6 Å². The quantitative estimate of drug-likeness (QED) is 0.572. The van der Waals surface area contributed by atoms with Crippen molar-refractivity contribution >= 4 is 29.2 Å². The summed E-state index contributed by atoms with van der Waals surface area (Å²) in [6.45, 7) is 3.50. The SMILES string of the molecule is CC(C)CN(C(=O)CN1C(=O)[C@@H]2CCCC[C@H]2C1=O)c1c(N)n(Cc2ccccc2)c(=O)[nH]c1=O. The topological polar surface area (TPSA) is 139 Å². The Morgan fingerprint density at radius 1 is 1.06 bits per heavy atom. The van der Waals surface area contributed by atoms with E-state index in [1.807, 2.05) is 44.2 Å². The highest BCUT2D eigenvalue weighted by molar-refractivity contribution is 6.09. The predicted octanol–water partition coefficient (Wildman–Crippen LogP) is 1.33. The van der Waals surface area contributed by atoms with Crippen molar-refractivity contribution in [1.29, 1.82) is 0 Å². The van der Waals surface area contributed by atoms with Gasteiger partial charge in [-0.1, -0.05) is 57.0 Å². The zero-order chi connectivity index (χ0) is 25.3. The zero-order valence-electron chi connectivity index (χ0n) is 20.0. The molecule has 1 aliphatic carbocycles. The third-order valence-electron chi connectivity index (χ3n) is 6.74. The van der Waals surface area contributed by atoms with E-state index in [4.69, 9.17) is 5.73 Å². The van der Waals surface area contributed by atoms with Crippen molar-refractivity contribution in [2.45, 2.75) is 46.1 Å². The van der Waals surface area contributed by atoms with E-state index >= 15 is 0 Å². The molecule has 2 aromatic rings. The monoisotopic (exact) mass is 481 g/mol. The first-order valence-corrected chi connectivity index (χ1v) is 12.0. The number of rotatable bonds is 7. The minimum atomic E-state index is -0.793. The number of nitrogens with two attached hydrogens (primary N) is 1. The lowest BCUT2D eigenvalue weighted by molar-refractivity contribution is -0.143. The van der Waals surface area contributed by atoms with Crippen molar-refractivity contribution in [3.63, 3.8) is 0 Å². The highest BCUT2D eigenvalue weighted by atomic mass is 16.2. The number of imide groups is 1. The molecule has 3 N–H and O–H groups in total. The van der Waals surface area contributed by atoms with E-state index < -0.39 is 23.7 Å². The number of hydrogen-bond acceptors (Lipinski definition) is 6. The molecule has 0 spiro atoms. The van der Waals surface area contributed by atoms with Crippen LogP contribution >= 0.6 is 0 Å². The van der Waals surface area contributed by atoms with Crippen LogP contribution in [-0.4, -0.2) is 45.3 Å². The Balaban J connectivity index is 1.68. The van der Waals surface area contributed by atoms with Crippen LogP contribution < -0.4 is 21.9 Å². The molecule has 1 aromatic heterocycles. The van der Waals surface area contributed by atoms with E-state index in [-0.39, 0.29) is 54.2 Å². The Kier molecular flexibility index (Phi) is 6.90. The van der Waals surface area contributed by atoms with Gasteiger partial charge in [0.2, 0.25) is 17.7 Å². The van der Waals surface area contributed by atoms with E-state index in [1.165, 1.54) is 9.47 Å². The number of carbonyl (C=O) groups is 3.